The normalized spacial score (nSPS) is 10.5. The van der Waals surface area contributed by atoms with Crippen LogP contribution in [0.15, 0.2) is 29.1 Å². The molecule has 2 heterocycles. The second-order valence-electron chi connectivity index (χ2n) is 3.08. The summed E-state index contributed by atoms with van der Waals surface area (Å²) in [6.07, 6.45) is 5.20. The van der Waals surface area contributed by atoms with Gasteiger partial charge in [-0.1, -0.05) is 5.21 Å². The molecule has 15 heavy (non-hydrogen) atoms. The quantitative estimate of drug-likeness (QED) is 0.902. The highest BCUT2D eigenvalue weighted by molar-refractivity contribution is 9.10. The molecule has 0 aromatic carbocycles. The van der Waals surface area contributed by atoms with E-state index in [9.17, 15) is 0 Å². The first-order valence-corrected chi connectivity index (χ1v) is 5.16. The van der Waals surface area contributed by atoms with Gasteiger partial charge in [-0.25, -0.2) is 4.68 Å². The van der Waals surface area contributed by atoms with E-state index in [0.717, 1.165) is 10.0 Å². The lowest BCUT2D eigenvalue weighted by Crippen LogP contribution is -2.00. The number of hydrogen-bond acceptors (Lipinski definition) is 4. The fourth-order valence-corrected chi connectivity index (χ4v) is 1.63. The molecule has 2 aromatic heterocycles. The summed E-state index contributed by atoms with van der Waals surface area (Å²) in [4.78, 5) is 4.05. The van der Waals surface area contributed by atoms with E-state index in [4.69, 9.17) is 5.11 Å². The van der Waals surface area contributed by atoms with Gasteiger partial charge >= 0.3 is 0 Å². The number of hydrogen-bond donors (Lipinski definition) is 1. The molecular formula is C9H9BrN4O. The average Bonchev–Trinajstić information content (AvgIpc) is 2.65. The van der Waals surface area contributed by atoms with E-state index in [0.29, 0.717) is 12.2 Å². The highest BCUT2D eigenvalue weighted by atomic mass is 79.9. The molecule has 0 unspecified atom stereocenters. The molecule has 5 nitrogen and oxygen atoms in total. The summed E-state index contributed by atoms with van der Waals surface area (Å²) in [6.45, 7) is 0.510. The molecule has 6 heteroatoms. The van der Waals surface area contributed by atoms with Crippen LogP contribution in [-0.4, -0.2) is 25.1 Å². The van der Waals surface area contributed by atoms with Crippen molar-refractivity contribution in [3.8, 4) is 0 Å². The molecule has 2 aromatic rings. The second kappa shape index (κ2) is 4.50. The SMILES string of the molecule is OCc1cn(Cc2cncc(Br)c2)nn1. The van der Waals surface area contributed by atoms with Gasteiger partial charge in [0, 0.05) is 16.9 Å². The zero-order chi connectivity index (χ0) is 10.7. The standard InChI is InChI=1S/C9H9BrN4O/c10-8-1-7(2-11-3-8)4-14-5-9(6-15)12-13-14/h1-3,5,15H,4,6H2. The van der Waals surface area contributed by atoms with Gasteiger partial charge in [0.15, 0.2) is 0 Å². The van der Waals surface area contributed by atoms with E-state index in [2.05, 4.69) is 31.2 Å². The number of rotatable bonds is 3. The lowest BCUT2D eigenvalue weighted by Gasteiger charge is -2.00. The summed E-state index contributed by atoms with van der Waals surface area (Å²) in [6, 6.07) is 1.97. The molecule has 0 bridgehead atoms. The molecule has 0 radical (unpaired) electrons. The van der Waals surface area contributed by atoms with Gasteiger partial charge in [-0.15, -0.1) is 5.10 Å². The molecule has 0 saturated carbocycles. The van der Waals surface area contributed by atoms with E-state index < -0.39 is 0 Å². The number of pyridine rings is 1. The summed E-state index contributed by atoms with van der Waals surface area (Å²) < 4.78 is 2.59. The van der Waals surface area contributed by atoms with Crippen LogP contribution in [0.5, 0.6) is 0 Å². The Kier molecular flexibility index (Phi) is 3.08. The van der Waals surface area contributed by atoms with Crippen molar-refractivity contribution < 1.29 is 5.11 Å². The number of aromatic nitrogens is 4. The summed E-state index contributed by atoms with van der Waals surface area (Å²) in [5.41, 5.74) is 1.59. The number of halogens is 1. The van der Waals surface area contributed by atoms with Crippen LogP contribution in [0.1, 0.15) is 11.3 Å². The van der Waals surface area contributed by atoms with Crippen LogP contribution in [0.3, 0.4) is 0 Å². The van der Waals surface area contributed by atoms with Gasteiger partial charge in [0.1, 0.15) is 5.69 Å². The molecule has 78 valence electrons. The van der Waals surface area contributed by atoms with Crippen LogP contribution < -0.4 is 0 Å². The molecule has 1 N–H and O–H groups in total. The van der Waals surface area contributed by atoms with Gasteiger partial charge in [0.25, 0.3) is 0 Å². The summed E-state index contributed by atoms with van der Waals surface area (Å²) >= 11 is 3.35. The fraction of sp³-hybridized carbons (Fsp3) is 0.222. The maximum atomic E-state index is 8.83. The van der Waals surface area contributed by atoms with E-state index in [1.165, 1.54) is 0 Å². The van der Waals surface area contributed by atoms with Gasteiger partial charge in [-0.05, 0) is 27.6 Å². The average molecular weight is 269 g/mol. The molecule has 0 aliphatic heterocycles. The van der Waals surface area contributed by atoms with Gasteiger partial charge in [-0.3, -0.25) is 4.98 Å². The van der Waals surface area contributed by atoms with Gasteiger partial charge in [0.05, 0.1) is 19.3 Å². The highest BCUT2D eigenvalue weighted by Crippen LogP contribution is 2.10. The topological polar surface area (TPSA) is 63.8 Å². The minimum absolute atomic E-state index is 0.0866. The van der Waals surface area contributed by atoms with Crippen molar-refractivity contribution in [2.45, 2.75) is 13.2 Å². The summed E-state index contributed by atoms with van der Waals surface area (Å²) in [5, 5.41) is 16.5. The van der Waals surface area contributed by atoms with Crippen LogP contribution in [0.25, 0.3) is 0 Å². The van der Waals surface area contributed by atoms with Gasteiger partial charge in [0.2, 0.25) is 0 Å². The van der Waals surface area contributed by atoms with Crippen molar-refractivity contribution in [3.05, 3.63) is 40.4 Å². The molecule has 0 amide bonds. The highest BCUT2D eigenvalue weighted by Gasteiger charge is 2.00. The number of aliphatic hydroxyl groups is 1. The van der Waals surface area contributed by atoms with Gasteiger partial charge in [-0.2, -0.15) is 0 Å². The Morgan fingerprint density at radius 2 is 2.27 bits per heavy atom. The first-order chi connectivity index (χ1) is 7.28. The lowest BCUT2D eigenvalue weighted by atomic mass is 10.3. The monoisotopic (exact) mass is 268 g/mol. The maximum Gasteiger partial charge on any atom is 0.108 e. The zero-order valence-electron chi connectivity index (χ0n) is 7.84. The first kappa shape index (κ1) is 10.3. The number of nitrogens with zero attached hydrogens (tertiary/aromatic N) is 4. The minimum Gasteiger partial charge on any atom is -0.390 e. The molecule has 0 aliphatic carbocycles. The number of aliphatic hydroxyl groups excluding tert-OH is 1. The van der Waals surface area contributed by atoms with Crippen LogP contribution in [-0.2, 0) is 13.2 Å². The van der Waals surface area contributed by atoms with E-state index in [-0.39, 0.29) is 6.61 Å². The van der Waals surface area contributed by atoms with Crippen molar-refractivity contribution in [2.75, 3.05) is 0 Å². The second-order valence-corrected chi connectivity index (χ2v) is 3.99. The maximum absolute atomic E-state index is 8.83. The van der Waals surface area contributed by atoms with Gasteiger partial charge < -0.3 is 5.11 Å². The molecule has 0 aliphatic rings. The molecule has 2 rings (SSSR count). The molecule has 0 saturated heterocycles. The first-order valence-electron chi connectivity index (χ1n) is 4.37. The molecule has 0 spiro atoms. The third kappa shape index (κ3) is 2.60. The Balaban J connectivity index is 2.14. The van der Waals surface area contributed by atoms with Crippen molar-refractivity contribution in [3.63, 3.8) is 0 Å². The Morgan fingerprint density at radius 1 is 1.40 bits per heavy atom. The third-order valence-corrected chi connectivity index (χ3v) is 2.29. The third-order valence-electron chi connectivity index (χ3n) is 1.85. The lowest BCUT2D eigenvalue weighted by molar-refractivity contribution is 0.276. The summed E-state index contributed by atoms with van der Waals surface area (Å²) in [5.74, 6) is 0. The predicted octanol–water partition coefficient (Wildman–Crippen LogP) is 0.976. The van der Waals surface area contributed by atoms with Crippen LogP contribution in [0.4, 0.5) is 0 Å². The van der Waals surface area contributed by atoms with Crippen molar-refractivity contribution in [1.29, 1.82) is 0 Å². The zero-order valence-corrected chi connectivity index (χ0v) is 9.42. The van der Waals surface area contributed by atoms with E-state index in [1.807, 2.05) is 6.07 Å². The predicted molar refractivity (Wildman–Crippen MR) is 57.0 cm³/mol. The Hall–Kier alpha value is -1.27. The van der Waals surface area contributed by atoms with Crippen LogP contribution in [0, 0.1) is 0 Å². The smallest absolute Gasteiger partial charge is 0.108 e. The van der Waals surface area contributed by atoms with E-state index in [1.54, 1.807) is 23.3 Å². The Bertz CT molecular complexity index is 457. The van der Waals surface area contributed by atoms with Crippen LogP contribution >= 0.6 is 15.9 Å². The minimum atomic E-state index is -0.0866. The van der Waals surface area contributed by atoms with Crippen molar-refractivity contribution >= 4 is 15.9 Å². The van der Waals surface area contributed by atoms with Crippen molar-refractivity contribution in [2.24, 2.45) is 0 Å². The largest absolute Gasteiger partial charge is 0.390 e. The summed E-state index contributed by atoms with van der Waals surface area (Å²) in [7, 11) is 0. The van der Waals surface area contributed by atoms with E-state index >= 15 is 0 Å². The Labute approximate surface area is 94.9 Å². The molecular weight excluding hydrogens is 260 g/mol. The Morgan fingerprint density at radius 3 is 2.93 bits per heavy atom. The molecule has 0 fully saturated rings. The fourth-order valence-electron chi connectivity index (χ4n) is 1.22. The van der Waals surface area contributed by atoms with Crippen molar-refractivity contribution in [1.82, 2.24) is 20.0 Å². The molecule has 0 atom stereocenters. The van der Waals surface area contributed by atoms with Crippen LogP contribution in [0.2, 0.25) is 0 Å².